The van der Waals surface area contributed by atoms with Crippen LogP contribution in [0.1, 0.15) is 45.4 Å². The van der Waals surface area contributed by atoms with E-state index in [0.717, 1.165) is 25.0 Å². The molecule has 0 heterocycles. The largest absolute Gasteiger partial charge is 0.330 e. The van der Waals surface area contributed by atoms with E-state index in [0.29, 0.717) is 0 Å². The molecule has 0 aromatic rings. The Morgan fingerprint density at radius 3 is 2.33 bits per heavy atom. The van der Waals surface area contributed by atoms with Crippen molar-refractivity contribution in [3.05, 3.63) is 0 Å². The van der Waals surface area contributed by atoms with Gasteiger partial charge in [0.25, 0.3) is 0 Å². The van der Waals surface area contributed by atoms with Gasteiger partial charge in [0, 0.05) is 19.1 Å². The molecule has 1 fully saturated rings. The van der Waals surface area contributed by atoms with Crippen molar-refractivity contribution in [3.8, 4) is 0 Å². The molecule has 0 aromatic carbocycles. The summed E-state index contributed by atoms with van der Waals surface area (Å²) in [6, 6.07) is 0.734. The van der Waals surface area contributed by atoms with E-state index >= 15 is 0 Å². The van der Waals surface area contributed by atoms with E-state index in [1.165, 1.54) is 51.6 Å². The lowest BCUT2D eigenvalue weighted by molar-refractivity contribution is 0.125. The first-order valence-corrected chi connectivity index (χ1v) is 7.77. The van der Waals surface area contributed by atoms with E-state index in [9.17, 15) is 0 Å². The molecule has 3 nitrogen and oxygen atoms in total. The minimum atomic E-state index is 0.723. The highest BCUT2D eigenvalue weighted by molar-refractivity contribution is 4.83. The molecule has 108 valence electrons. The zero-order chi connectivity index (χ0) is 13.4. The van der Waals surface area contributed by atoms with Gasteiger partial charge in [-0.2, -0.15) is 0 Å². The second-order valence-corrected chi connectivity index (χ2v) is 6.04. The van der Waals surface area contributed by atoms with Crippen LogP contribution in [-0.2, 0) is 0 Å². The molecule has 1 saturated carbocycles. The zero-order valence-electron chi connectivity index (χ0n) is 12.7. The summed E-state index contributed by atoms with van der Waals surface area (Å²) in [5.41, 5.74) is 6.02. The van der Waals surface area contributed by atoms with E-state index in [2.05, 4.69) is 30.8 Å². The van der Waals surface area contributed by atoms with Crippen molar-refractivity contribution in [2.75, 3.05) is 40.3 Å². The van der Waals surface area contributed by atoms with Crippen LogP contribution in [0, 0.1) is 5.92 Å². The molecule has 0 bridgehead atoms. The van der Waals surface area contributed by atoms with Crippen LogP contribution in [-0.4, -0.2) is 56.1 Å². The Morgan fingerprint density at radius 2 is 1.72 bits per heavy atom. The third kappa shape index (κ3) is 5.25. The topological polar surface area (TPSA) is 32.5 Å². The summed E-state index contributed by atoms with van der Waals surface area (Å²) >= 11 is 0. The molecule has 2 N–H and O–H groups in total. The number of nitrogens with two attached hydrogens (primary N) is 1. The highest BCUT2D eigenvalue weighted by Gasteiger charge is 2.27. The second kappa shape index (κ2) is 8.89. The van der Waals surface area contributed by atoms with Crippen molar-refractivity contribution in [2.24, 2.45) is 11.7 Å². The Balaban J connectivity index is 2.60. The van der Waals surface area contributed by atoms with Gasteiger partial charge in [-0.1, -0.05) is 26.2 Å². The molecular weight excluding hydrogens is 222 g/mol. The van der Waals surface area contributed by atoms with Crippen LogP contribution in [0.25, 0.3) is 0 Å². The quantitative estimate of drug-likeness (QED) is 0.708. The monoisotopic (exact) mass is 255 g/mol. The number of rotatable bonds is 7. The first kappa shape index (κ1) is 15.9. The van der Waals surface area contributed by atoms with Gasteiger partial charge < -0.3 is 10.6 Å². The molecule has 2 unspecified atom stereocenters. The fraction of sp³-hybridized carbons (Fsp3) is 1.00. The summed E-state index contributed by atoms with van der Waals surface area (Å²) in [5, 5.41) is 0. The lowest BCUT2D eigenvalue weighted by atomic mass is 9.93. The van der Waals surface area contributed by atoms with Gasteiger partial charge in [-0.05, 0) is 52.4 Å². The van der Waals surface area contributed by atoms with Gasteiger partial charge in [0.1, 0.15) is 0 Å². The lowest BCUT2D eigenvalue weighted by Gasteiger charge is -2.36. The fourth-order valence-electron chi connectivity index (χ4n) is 3.18. The van der Waals surface area contributed by atoms with E-state index in [1.807, 2.05) is 0 Å². The number of nitrogens with zero attached hydrogens (tertiary/aromatic N) is 2. The fourth-order valence-corrected chi connectivity index (χ4v) is 3.18. The van der Waals surface area contributed by atoms with Gasteiger partial charge in [-0.25, -0.2) is 0 Å². The van der Waals surface area contributed by atoms with Crippen molar-refractivity contribution in [1.29, 1.82) is 0 Å². The number of hydrogen-bond donors (Lipinski definition) is 1. The first-order chi connectivity index (χ1) is 8.69. The molecular formula is C15H33N3. The molecule has 1 rings (SSSR count). The van der Waals surface area contributed by atoms with Gasteiger partial charge in [-0.15, -0.1) is 0 Å². The average molecular weight is 255 g/mol. The maximum atomic E-state index is 6.02. The molecule has 0 aromatic heterocycles. The normalized spacial score (nSPS) is 25.7. The average Bonchev–Trinajstić information content (AvgIpc) is 2.59. The second-order valence-electron chi connectivity index (χ2n) is 6.04. The number of likely N-dealkylation sites (N-methyl/N-ethyl adjacent to an activating group) is 1. The Bertz CT molecular complexity index is 206. The molecule has 1 aliphatic carbocycles. The number of hydrogen-bond acceptors (Lipinski definition) is 3. The van der Waals surface area contributed by atoms with Crippen molar-refractivity contribution in [1.82, 2.24) is 9.80 Å². The summed E-state index contributed by atoms with van der Waals surface area (Å²) in [4.78, 5) is 5.00. The van der Waals surface area contributed by atoms with Crippen LogP contribution in [0.4, 0.5) is 0 Å². The maximum Gasteiger partial charge on any atom is 0.0136 e. The molecule has 0 amide bonds. The Morgan fingerprint density at radius 1 is 1.00 bits per heavy atom. The van der Waals surface area contributed by atoms with Crippen molar-refractivity contribution < 1.29 is 0 Å². The van der Waals surface area contributed by atoms with Gasteiger partial charge >= 0.3 is 0 Å². The highest BCUT2D eigenvalue weighted by atomic mass is 15.2. The minimum absolute atomic E-state index is 0.723. The molecule has 18 heavy (non-hydrogen) atoms. The third-order valence-electron chi connectivity index (χ3n) is 4.24. The third-order valence-corrected chi connectivity index (χ3v) is 4.24. The van der Waals surface area contributed by atoms with Crippen LogP contribution < -0.4 is 5.73 Å². The molecule has 0 spiro atoms. The van der Waals surface area contributed by atoms with Crippen LogP contribution in [0.3, 0.4) is 0 Å². The Hall–Kier alpha value is -0.120. The molecule has 1 aliphatic rings. The minimum Gasteiger partial charge on any atom is -0.330 e. The summed E-state index contributed by atoms with van der Waals surface area (Å²) in [6.45, 7) is 6.74. The van der Waals surface area contributed by atoms with E-state index in [-0.39, 0.29) is 0 Å². The van der Waals surface area contributed by atoms with Gasteiger partial charge in [0.2, 0.25) is 0 Å². The van der Waals surface area contributed by atoms with Gasteiger partial charge in [0.05, 0.1) is 0 Å². The van der Waals surface area contributed by atoms with Crippen molar-refractivity contribution in [2.45, 2.75) is 51.5 Å². The Labute approximate surface area is 114 Å². The van der Waals surface area contributed by atoms with E-state index in [4.69, 9.17) is 5.73 Å². The van der Waals surface area contributed by atoms with Gasteiger partial charge in [0.15, 0.2) is 0 Å². The first-order valence-electron chi connectivity index (χ1n) is 7.77. The maximum absolute atomic E-state index is 6.02. The van der Waals surface area contributed by atoms with Crippen LogP contribution >= 0.6 is 0 Å². The van der Waals surface area contributed by atoms with Crippen LogP contribution in [0.15, 0.2) is 0 Å². The molecule has 0 saturated heterocycles. The molecule has 0 radical (unpaired) electrons. The van der Waals surface area contributed by atoms with Crippen molar-refractivity contribution >= 4 is 0 Å². The molecule has 0 aliphatic heterocycles. The lowest BCUT2D eigenvalue weighted by Crippen LogP contribution is -2.45. The van der Waals surface area contributed by atoms with Crippen LogP contribution in [0.5, 0.6) is 0 Å². The summed E-state index contributed by atoms with van der Waals surface area (Å²) < 4.78 is 0. The standard InChI is InChI=1S/C15H33N3/c1-4-10-18(12-11-17(2)3)15-9-7-5-6-8-14(15)13-16/h14-15H,4-13,16H2,1-3H3. The van der Waals surface area contributed by atoms with E-state index in [1.54, 1.807) is 0 Å². The molecule has 2 atom stereocenters. The summed E-state index contributed by atoms with van der Waals surface area (Å²) in [6.07, 6.45) is 8.12. The van der Waals surface area contributed by atoms with Crippen LogP contribution in [0.2, 0.25) is 0 Å². The predicted molar refractivity (Wildman–Crippen MR) is 79.8 cm³/mol. The van der Waals surface area contributed by atoms with Gasteiger partial charge in [-0.3, -0.25) is 4.90 Å². The highest BCUT2D eigenvalue weighted by Crippen LogP contribution is 2.27. The SMILES string of the molecule is CCCN(CCN(C)C)C1CCCCCC1CN. The summed E-state index contributed by atoms with van der Waals surface area (Å²) in [5.74, 6) is 0.723. The summed E-state index contributed by atoms with van der Waals surface area (Å²) in [7, 11) is 4.33. The van der Waals surface area contributed by atoms with E-state index < -0.39 is 0 Å². The van der Waals surface area contributed by atoms with Crippen molar-refractivity contribution in [3.63, 3.8) is 0 Å². The smallest absolute Gasteiger partial charge is 0.0136 e. The zero-order valence-corrected chi connectivity index (χ0v) is 12.7. The predicted octanol–water partition coefficient (Wildman–Crippen LogP) is 2.17. The molecule has 3 heteroatoms. The Kier molecular flexibility index (Phi) is 7.87.